The van der Waals surface area contributed by atoms with Gasteiger partial charge >= 0.3 is 0 Å². The Hall–Kier alpha value is -0.340. The largest absolute Gasteiger partial charge is 0.393 e. The van der Waals surface area contributed by atoms with E-state index in [-0.39, 0.29) is 6.10 Å². The molecule has 1 rings (SSSR count). The van der Waals surface area contributed by atoms with Crippen LogP contribution in [0, 0.1) is 6.92 Å². The number of aliphatic hydroxyl groups is 1. The van der Waals surface area contributed by atoms with E-state index in [9.17, 15) is 0 Å². The zero-order valence-electron chi connectivity index (χ0n) is 7.00. The third-order valence-corrected chi connectivity index (χ3v) is 2.71. The maximum atomic E-state index is 9.03. The smallest absolute Gasteiger partial charge is 0.0515 e. The molecule has 0 fully saturated rings. The minimum absolute atomic E-state index is 0.169. The summed E-state index contributed by atoms with van der Waals surface area (Å²) < 4.78 is 0. The van der Waals surface area contributed by atoms with Crippen molar-refractivity contribution in [1.29, 1.82) is 0 Å². The minimum atomic E-state index is -0.169. The number of aliphatic hydroxyl groups excluding tert-OH is 1. The van der Waals surface area contributed by atoms with Gasteiger partial charge in [0.25, 0.3) is 0 Å². The van der Waals surface area contributed by atoms with E-state index in [1.54, 1.807) is 11.3 Å². The van der Waals surface area contributed by atoms with Gasteiger partial charge in [-0.1, -0.05) is 0 Å². The minimum Gasteiger partial charge on any atom is -0.393 e. The van der Waals surface area contributed by atoms with E-state index < -0.39 is 0 Å². The summed E-state index contributed by atoms with van der Waals surface area (Å²) in [5, 5.41) is 11.2. The summed E-state index contributed by atoms with van der Waals surface area (Å²) in [7, 11) is 0. The first-order valence-electron chi connectivity index (χ1n) is 3.90. The summed E-state index contributed by atoms with van der Waals surface area (Å²) >= 11 is 1.78. The van der Waals surface area contributed by atoms with Gasteiger partial charge in [-0.15, -0.1) is 11.3 Å². The number of hydrogen-bond acceptors (Lipinski definition) is 2. The highest BCUT2D eigenvalue weighted by molar-refractivity contribution is 7.10. The Balaban J connectivity index is 2.39. The molecule has 0 spiro atoms. The predicted molar refractivity (Wildman–Crippen MR) is 49.1 cm³/mol. The van der Waals surface area contributed by atoms with Gasteiger partial charge in [0.15, 0.2) is 0 Å². The van der Waals surface area contributed by atoms with Gasteiger partial charge in [-0.05, 0) is 43.7 Å². The molecule has 62 valence electrons. The molecule has 1 unspecified atom stereocenters. The first kappa shape index (κ1) is 8.75. The molecule has 1 heterocycles. The second kappa shape index (κ2) is 3.88. The summed E-state index contributed by atoms with van der Waals surface area (Å²) in [6.07, 6.45) is 1.72. The second-order valence-corrected chi connectivity index (χ2v) is 3.97. The lowest BCUT2D eigenvalue weighted by Gasteiger charge is -2.00. The Morgan fingerprint density at radius 1 is 1.64 bits per heavy atom. The first-order chi connectivity index (χ1) is 5.18. The van der Waals surface area contributed by atoms with Gasteiger partial charge in [-0.2, -0.15) is 0 Å². The average molecular weight is 170 g/mol. The third kappa shape index (κ3) is 3.04. The fraction of sp³-hybridized carbons (Fsp3) is 0.556. The molecule has 0 amide bonds. The van der Waals surface area contributed by atoms with E-state index in [0.29, 0.717) is 0 Å². The predicted octanol–water partition coefficient (Wildman–Crippen LogP) is 2.37. The summed E-state index contributed by atoms with van der Waals surface area (Å²) in [6.45, 7) is 3.93. The second-order valence-electron chi connectivity index (χ2n) is 2.98. The van der Waals surface area contributed by atoms with E-state index in [0.717, 1.165) is 12.8 Å². The lowest BCUT2D eigenvalue weighted by atomic mass is 10.2. The molecule has 0 aliphatic heterocycles. The monoisotopic (exact) mass is 170 g/mol. The molecule has 1 nitrogen and oxygen atoms in total. The Morgan fingerprint density at radius 2 is 2.36 bits per heavy atom. The Kier molecular flexibility index (Phi) is 3.09. The maximum absolute atomic E-state index is 9.03. The molecule has 2 heteroatoms. The highest BCUT2D eigenvalue weighted by Gasteiger charge is 1.99. The topological polar surface area (TPSA) is 20.2 Å². The molecule has 1 aromatic rings. The van der Waals surface area contributed by atoms with Gasteiger partial charge in [0, 0.05) is 4.88 Å². The van der Waals surface area contributed by atoms with Crippen molar-refractivity contribution in [3.05, 3.63) is 21.9 Å². The molecular weight excluding hydrogens is 156 g/mol. The molecular formula is C9H14OS. The van der Waals surface area contributed by atoms with Gasteiger partial charge in [0.2, 0.25) is 0 Å². The van der Waals surface area contributed by atoms with E-state index in [4.69, 9.17) is 5.11 Å². The quantitative estimate of drug-likeness (QED) is 0.738. The van der Waals surface area contributed by atoms with Crippen LogP contribution in [0.5, 0.6) is 0 Å². The molecule has 0 bridgehead atoms. The Morgan fingerprint density at radius 3 is 2.82 bits per heavy atom. The molecule has 0 aliphatic rings. The van der Waals surface area contributed by atoms with Crippen LogP contribution in [0.4, 0.5) is 0 Å². The van der Waals surface area contributed by atoms with Crippen molar-refractivity contribution in [2.75, 3.05) is 0 Å². The van der Waals surface area contributed by atoms with Crippen LogP contribution >= 0.6 is 11.3 Å². The van der Waals surface area contributed by atoms with E-state index >= 15 is 0 Å². The summed E-state index contributed by atoms with van der Waals surface area (Å²) in [5.41, 5.74) is 1.33. The highest BCUT2D eigenvalue weighted by Crippen LogP contribution is 2.15. The van der Waals surface area contributed by atoms with Crippen LogP contribution in [0.15, 0.2) is 11.4 Å². The van der Waals surface area contributed by atoms with Gasteiger partial charge in [0.05, 0.1) is 6.10 Å². The normalized spacial score (nSPS) is 13.4. The van der Waals surface area contributed by atoms with Crippen LogP contribution < -0.4 is 0 Å². The zero-order chi connectivity index (χ0) is 8.27. The van der Waals surface area contributed by atoms with Crippen LogP contribution in [0.3, 0.4) is 0 Å². The molecule has 0 saturated heterocycles. The highest BCUT2D eigenvalue weighted by atomic mass is 32.1. The standard InChI is InChI=1S/C9H14OS/c1-7-5-9(11-6-7)4-3-8(2)10/h5-6,8,10H,3-4H2,1-2H3. The molecule has 1 aromatic heterocycles. The lowest BCUT2D eigenvalue weighted by Crippen LogP contribution is -1.99. The number of thiophene rings is 1. The van der Waals surface area contributed by atoms with Crippen LogP contribution in [-0.2, 0) is 6.42 Å². The Labute approximate surface area is 71.7 Å². The van der Waals surface area contributed by atoms with Crippen molar-refractivity contribution in [3.63, 3.8) is 0 Å². The summed E-state index contributed by atoms with van der Waals surface area (Å²) in [6, 6.07) is 2.19. The van der Waals surface area contributed by atoms with Crippen molar-refractivity contribution in [2.45, 2.75) is 32.8 Å². The van der Waals surface area contributed by atoms with E-state index in [1.165, 1.54) is 10.4 Å². The Bertz CT molecular complexity index is 215. The number of hydrogen-bond donors (Lipinski definition) is 1. The molecule has 11 heavy (non-hydrogen) atoms. The van der Waals surface area contributed by atoms with Gasteiger partial charge in [-0.3, -0.25) is 0 Å². The van der Waals surface area contributed by atoms with Crippen LogP contribution in [-0.4, -0.2) is 11.2 Å². The average Bonchev–Trinajstić information content (AvgIpc) is 2.31. The van der Waals surface area contributed by atoms with Crippen molar-refractivity contribution in [2.24, 2.45) is 0 Å². The molecule has 0 aromatic carbocycles. The van der Waals surface area contributed by atoms with E-state index in [2.05, 4.69) is 18.4 Å². The van der Waals surface area contributed by atoms with Gasteiger partial charge in [0.1, 0.15) is 0 Å². The van der Waals surface area contributed by atoms with Crippen molar-refractivity contribution in [3.8, 4) is 0 Å². The van der Waals surface area contributed by atoms with Crippen molar-refractivity contribution >= 4 is 11.3 Å². The summed E-state index contributed by atoms with van der Waals surface area (Å²) in [4.78, 5) is 1.38. The van der Waals surface area contributed by atoms with Crippen molar-refractivity contribution in [1.82, 2.24) is 0 Å². The molecule has 1 atom stereocenters. The van der Waals surface area contributed by atoms with Crippen LogP contribution in [0.1, 0.15) is 23.8 Å². The van der Waals surface area contributed by atoms with Gasteiger partial charge < -0.3 is 5.11 Å². The molecule has 0 saturated carbocycles. The molecule has 0 radical (unpaired) electrons. The maximum Gasteiger partial charge on any atom is 0.0515 e. The van der Waals surface area contributed by atoms with Gasteiger partial charge in [-0.25, -0.2) is 0 Å². The fourth-order valence-electron chi connectivity index (χ4n) is 0.973. The third-order valence-electron chi connectivity index (χ3n) is 1.59. The van der Waals surface area contributed by atoms with E-state index in [1.807, 2.05) is 6.92 Å². The lowest BCUT2D eigenvalue weighted by molar-refractivity contribution is 0.185. The fourth-order valence-corrected chi connectivity index (χ4v) is 1.87. The molecule has 1 N–H and O–H groups in total. The molecule has 0 aliphatic carbocycles. The first-order valence-corrected chi connectivity index (χ1v) is 4.78. The van der Waals surface area contributed by atoms with Crippen LogP contribution in [0.2, 0.25) is 0 Å². The summed E-state index contributed by atoms with van der Waals surface area (Å²) in [5.74, 6) is 0. The number of rotatable bonds is 3. The van der Waals surface area contributed by atoms with Crippen molar-refractivity contribution < 1.29 is 5.11 Å². The number of aryl methyl sites for hydroxylation is 2. The SMILES string of the molecule is Cc1csc(CCC(C)O)c1. The van der Waals surface area contributed by atoms with Crippen LogP contribution in [0.25, 0.3) is 0 Å². The zero-order valence-corrected chi connectivity index (χ0v) is 7.82.